The second-order valence-corrected chi connectivity index (χ2v) is 2.82. The van der Waals surface area contributed by atoms with Crippen LogP contribution in [0.3, 0.4) is 0 Å². The first-order valence-electron chi connectivity index (χ1n) is 4.19. The second kappa shape index (κ2) is 4.97. The Balaban J connectivity index is 2.72. The quantitative estimate of drug-likeness (QED) is 0.570. The van der Waals surface area contributed by atoms with E-state index in [0.717, 1.165) is 6.07 Å². The van der Waals surface area contributed by atoms with Gasteiger partial charge in [-0.15, -0.1) is 0 Å². The van der Waals surface area contributed by atoms with Crippen LogP contribution in [0.4, 0.5) is 13.2 Å². The van der Waals surface area contributed by atoms with Gasteiger partial charge >= 0.3 is 0 Å². The lowest BCUT2D eigenvalue weighted by atomic mass is 10.2. The molecule has 1 aromatic rings. The van der Waals surface area contributed by atoms with Crippen LogP contribution in [0.1, 0.15) is 5.56 Å². The maximum absolute atomic E-state index is 13.0. The predicted molar refractivity (Wildman–Crippen MR) is 47.1 cm³/mol. The van der Waals surface area contributed by atoms with Crippen molar-refractivity contribution in [2.75, 3.05) is 13.1 Å². The molecular formula is C9H11F3N2. The average molecular weight is 204 g/mol. The normalized spacial score (nSPS) is 10.6. The fraction of sp³-hybridized carbons (Fsp3) is 0.333. The van der Waals surface area contributed by atoms with Crippen molar-refractivity contribution in [3.05, 3.63) is 35.1 Å². The lowest BCUT2D eigenvalue weighted by Crippen LogP contribution is -2.22. The van der Waals surface area contributed by atoms with Crippen molar-refractivity contribution in [3.8, 4) is 0 Å². The lowest BCUT2D eigenvalue weighted by molar-refractivity contribution is 0.487. The highest BCUT2D eigenvalue weighted by Crippen LogP contribution is 2.13. The Bertz CT molecular complexity index is 315. The Morgan fingerprint density at radius 3 is 2.36 bits per heavy atom. The molecule has 0 unspecified atom stereocenters. The molecule has 3 N–H and O–H groups in total. The molecular weight excluding hydrogens is 193 g/mol. The Kier molecular flexibility index (Phi) is 3.91. The molecule has 0 saturated carbocycles. The molecule has 0 amide bonds. The molecule has 0 bridgehead atoms. The highest BCUT2D eigenvalue weighted by Gasteiger charge is 2.08. The fourth-order valence-electron chi connectivity index (χ4n) is 1.02. The van der Waals surface area contributed by atoms with E-state index in [1.165, 1.54) is 0 Å². The Morgan fingerprint density at radius 1 is 1.07 bits per heavy atom. The maximum atomic E-state index is 13.0. The third-order valence-electron chi connectivity index (χ3n) is 1.73. The van der Waals surface area contributed by atoms with Crippen molar-refractivity contribution in [1.29, 1.82) is 0 Å². The zero-order chi connectivity index (χ0) is 10.6. The number of hydrogen-bond acceptors (Lipinski definition) is 2. The van der Waals surface area contributed by atoms with E-state index in [2.05, 4.69) is 5.32 Å². The van der Waals surface area contributed by atoms with Crippen molar-refractivity contribution in [2.45, 2.75) is 6.54 Å². The topological polar surface area (TPSA) is 38.0 Å². The van der Waals surface area contributed by atoms with E-state index in [-0.39, 0.29) is 12.1 Å². The second-order valence-electron chi connectivity index (χ2n) is 2.82. The first kappa shape index (κ1) is 11.0. The zero-order valence-electron chi connectivity index (χ0n) is 7.49. The molecule has 5 heteroatoms. The van der Waals surface area contributed by atoms with Gasteiger partial charge in [-0.3, -0.25) is 0 Å². The molecule has 1 aromatic carbocycles. The van der Waals surface area contributed by atoms with Crippen LogP contribution in [0.15, 0.2) is 12.1 Å². The molecule has 78 valence electrons. The summed E-state index contributed by atoms with van der Waals surface area (Å²) in [5, 5.41) is 2.78. The Hall–Kier alpha value is -1.07. The van der Waals surface area contributed by atoms with Crippen LogP contribution in [0.5, 0.6) is 0 Å². The number of hydrogen-bond donors (Lipinski definition) is 2. The minimum Gasteiger partial charge on any atom is -0.329 e. The van der Waals surface area contributed by atoms with E-state index >= 15 is 0 Å². The first-order chi connectivity index (χ1) is 6.65. The maximum Gasteiger partial charge on any atom is 0.161 e. The molecule has 0 aliphatic rings. The van der Waals surface area contributed by atoms with Crippen molar-refractivity contribution >= 4 is 0 Å². The number of nitrogens with one attached hydrogen (secondary N) is 1. The molecule has 0 aliphatic carbocycles. The molecule has 0 aromatic heterocycles. The third kappa shape index (κ3) is 2.71. The lowest BCUT2D eigenvalue weighted by Gasteiger charge is -2.05. The highest BCUT2D eigenvalue weighted by atomic mass is 19.2. The van der Waals surface area contributed by atoms with Crippen molar-refractivity contribution in [2.24, 2.45) is 5.73 Å². The van der Waals surface area contributed by atoms with Gasteiger partial charge in [0.05, 0.1) is 0 Å². The standard InChI is InChI=1S/C9H11F3N2/c10-7-4-9(12)8(11)3-6(7)5-14-2-1-13/h3-4,14H,1-2,5,13H2. The van der Waals surface area contributed by atoms with Crippen LogP contribution in [-0.4, -0.2) is 13.1 Å². The van der Waals surface area contributed by atoms with Crippen LogP contribution < -0.4 is 11.1 Å². The number of halogens is 3. The van der Waals surface area contributed by atoms with E-state index in [1.807, 2.05) is 0 Å². The molecule has 0 spiro atoms. The molecule has 0 radical (unpaired) electrons. The number of benzene rings is 1. The fourth-order valence-corrected chi connectivity index (χ4v) is 1.02. The Labute approximate surface area is 79.9 Å². The van der Waals surface area contributed by atoms with Crippen molar-refractivity contribution in [3.63, 3.8) is 0 Å². The summed E-state index contributed by atoms with van der Waals surface area (Å²) in [5.74, 6) is -2.98. The summed E-state index contributed by atoms with van der Waals surface area (Å²) in [4.78, 5) is 0. The summed E-state index contributed by atoms with van der Waals surface area (Å²) < 4.78 is 38.1. The van der Waals surface area contributed by atoms with Crippen LogP contribution in [-0.2, 0) is 6.54 Å². The van der Waals surface area contributed by atoms with Gasteiger partial charge in [-0.2, -0.15) is 0 Å². The van der Waals surface area contributed by atoms with E-state index < -0.39 is 17.5 Å². The van der Waals surface area contributed by atoms with E-state index in [0.29, 0.717) is 19.2 Å². The molecule has 2 nitrogen and oxygen atoms in total. The summed E-state index contributed by atoms with van der Waals surface area (Å²) in [6, 6.07) is 1.38. The molecule has 0 fully saturated rings. The van der Waals surface area contributed by atoms with E-state index in [4.69, 9.17) is 5.73 Å². The molecule has 0 heterocycles. The SMILES string of the molecule is NCCNCc1cc(F)c(F)cc1F. The van der Waals surface area contributed by atoms with Crippen LogP contribution >= 0.6 is 0 Å². The van der Waals surface area contributed by atoms with Crippen LogP contribution in [0, 0.1) is 17.5 Å². The number of rotatable bonds is 4. The van der Waals surface area contributed by atoms with Gasteiger partial charge in [0, 0.05) is 31.3 Å². The monoisotopic (exact) mass is 204 g/mol. The van der Waals surface area contributed by atoms with E-state index in [9.17, 15) is 13.2 Å². The van der Waals surface area contributed by atoms with Gasteiger partial charge in [0.25, 0.3) is 0 Å². The third-order valence-corrected chi connectivity index (χ3v) is 1.73. The summed E-state index contributed by atoms with van der Waals surface area (Å²) >= 11 is 0. The summed E-state index contributed by atoms with van der Waals surface area (Å²) in [6.07, 6.45) is 0. The minimum absolute atomic E-state index is 0.0948. The van der Waals surface area contributed by atoms with Gasteiger partial charge in [0.1, 0.15) is 5.82 Å². The summed E-state index contributed by atoms with van der Waals surface area (Å²) in [7, 11) is 0. The van der Waals surface area contributed by atoms with Gasteiger partial charge in [-0.1, -0.05) is 0 Å². The Morgan fingerprint density at radius 2 is 1.71 bits per heavy atom. The minimum atomic E-state index is -1.18. The zero-order valence-corrected chi connectivity index (χ0v) is 7.49. The van der Waals surface area contributed by atoms with Gasteiger partial charge in [-0.25, -0.2) is 13.2 Å². The largest absolute Gasteiger partial charge is 0.329 e. The van der Waals surface area contributed by atoms with Gasteiger partial charge < -0.3 is 11.1 Å². The van der Waals surface area contributed by atoms with Gasteiger partial charge in [0.2, 0.25) is 0 Å². The predicted octanol–water partition coefficient (Wildman–Crippen LogP) is 1.15. The van der Waals surface area contributed by atoms with Crippen LogP contribution in [0.2, 0.25) is 0 Å². The molecule has 0 aliphatic heterocycles. The molecule has 1 rings (SSSR count). The summed E-state index contributed by atoms with van der Waals surface area (Å²) in [5.41, 5.74) is 5.29. The van der Waals surface area contributed by atoms with Crippen molar-refractivity contribution < 1.29 is 13.2 Å². The summed E-state index contributed by atoms with van der Waals surface area (Å²) in [6.45, 7) is 1.05. The first-order valence-corrected chi connectivity index (χ1v) is 4.19. The molecule has 0 atom stereocenters. The molecule has 0 saturated heterocycles. The van der Waals surface area contributed by atoms with Crippen molar-refractivity contribution in [1.82, 2.24) is 5.32 Å². The smallest absolute Gasteiger partial charge is 0.161 e. The molecule has 14 heavy (non-hydrogen) atoms. The number of nitrogens with two attached hydrogens (primary N) is 1. The average Bonchev–Trinajstić information content (AvgIpc) is 2.14. The van der Waals surface area contributed by atoms with E-state index in [1.54, 1.807) is 0 Å². The van der Waals surface area contributed by atoms with Gasteiger partial charge in [-0.05, 0) is 6.07 Å². The van der Waals surface area contributed by atoms with Gasteiger partial charge in [0.15, 0.2) is 11.6 Å². The highest BCUT2D eigenvalue weighted by molar-refractivity contribution is 5.19. The van der Waals surface area contributed by atoms with Crippen LogP contribution in [0.25, 0.3) is 0 Å².